The minimum Gasteiger partial charge on any atom is -0.382 e. The zero-order valence-electron chi connectivity index (χ0n) is 10.3. The van der Waals surface area contributed by atoms with E-state index < -0.39 is 0 Å². The maximum absolute atomic E-state index is 11.9. The monoisotopic (exact) mass is 246 g/mol. The highest BCUT2D eigenvalue weighted by molar-refractivity contribution is 5.92. The van der Waals surface area contributed by atoms with E-state index in [1.54, 1.807) is 0 Å². The van der Waals surface area contributed by atoms with Gasteiger partial charge in [-0.2, -0.15) is 0 Å². The van der Waals surface area contributed by atoms with Crippen molar-refractivity contribution in [1.82, 2.24) is 15.3 Å². The summed E-state index contributed by atoms with van der Waals surface area (Å²) in [7, 11) is 0. The highest BCUT2D eigenvalue weighted by Gasteiger charge is 2.39. The maximum atomic E-state index is 11.9. The Bertz CT molecular complexity index is 462. The van der Waals surface area contributed by atoms with E-state index in [0.29, 0.717) is 11.6 Å². The summed E-state index contributed by atoms with van der Waals surface area (Å²) in [6.07, 6.45) is 8.24. The minimum absolute atomic E-state index is 0.169. The van der Waals surface area contributed by atoms with Gasteiger partial charge in [0, 0.05) is 6.54 Å². The predicted molar refractivity (Wildman–Crippen MR) is 67.7 cm³/mol. The summed E-state index contributed by atoms with van der Waals surface area (Å²) in [5, 5.41) is 2.96. The number of nitrogens with one attached hydrogen (secondary N) is 1. The van der Waals surface area contributed by atoms with E-state index in [0.717, 1.165) is 18.4 Å². The van der Waals surface area contributed by atoms with Crippen LogP contribution >= 0.6 is 0 Å². The van der Waals surface area contributed by atoms with Crippen LogP contribution in [0, 0.1) is 17.8 Å². The van der Waals surface area contributed by atoms with E-state index in [1.165, 1.54) is 38.1 Å². The molecular weight excluding hydrogens is 228 g/mol. The molecule has 2 bridgehead atoms. The number of hydrogen-bond acceptors (Lipinski definition) is 4. The Morgan fingerprint density at radius 3 is 2.94 bits per heavy atom. The molecule has 2 aliphatic rings. The summed E-state index contributed by atoms with van der Waals surface area (Å²) in [5.74, 6) is 2.49. The molecular formula is C13H18N4O. The molecule has 96 valence electrons. The SMILES string of the molecule is Nc1cncc(C(=O)NCC2CC3CCC2C3)n1. The fourth-order valence-electron chi connectivity index (χ4n) is 3.43. The van der Waals surface area contributed by atoms with Gasteiger partial charge in [-0.15, -0.1) is 0 Å². The Morgan fingerprint density at radius 1 is 1.39 bits per heavy atom. The van der Waals surface area contributed by atoms with Crippen molar-refractivity contribution in [2.24, 2.45) is 17.8 Å². The summed E-state index contributed by atoms with van der Waals surface area (Å²) in [5.41, 5.74) is 5.81. The van der Waals surface area contributed by atoms with Crippen LogP contribution in [0.1, 0.15) is 36.2 Å². The number of nitrogens with zero attached hydrogens (tertiary/aromatic N) is 2. The van der Waals surface area contributed by atoms with Crippen molar-refractivity contribution in [3.8, 4) is 0 Å². The molecule has 5 nitrogen and oxygen atoms in total. The number of amides is 1. The van der Waals surface area contributed by atoms with Gasteiger partial charge in [0.25, 0.3) is 5.91 Å². The number of nitrogens with two attached hydrogens (primary N) is 1. The van der Waals surface area contributed by atoms with Crippen LogP contribution in [0.25, 0.3) is 0 Å². The molecule has 5 heteroatoms. The second-order valence-electron chi connectivity index (χ2n) is 5.47. The summed E-state index contributed by atoms with van der Waals surface area (Å²) in [4.78, 5) is 19.7. The van der Waals surface area contributed by atoms with Gasteiger partial charge in [-0.3, -0.25) is 9.78 Å². The van der Waals surface area contributed by atoms with Gasteiger partial charge >= 0.3 is 0 Å². The molecule has 0 aromatic carbocycles. The molecule has 1 aromatic heterocycles. The largest absolute Gasteiger partial charge is 0.382 e. The van der Waals surface area contributed by atoms with E-state index in [1.807, 2.05) is 0 Å². The molecule has 1 amide bonds. The molecule has 2 aliphatic carbocycles. The number of anilines is 1. The molecule has 2 fully saturated rings. The average molecular weight is 246 g/mol. The van der Waals surface area contributed by atoms with Gasteiger partial charge in [-0.1, -0.05) is 6.42 Å². The lowest BCUT2D eigenvalue weighted by Gasteiger charge is -2.21. The molecule has 0 radical (unpaired) electrons. The van der Waals surface area contributed by atoms with Crippen molar-refractivity contribution in [2.75, 3.05) is 12.3 Å². The molecule has 3 rings (SSSR count). The lowest BCUT2D eigenvalue weighted by Crippen LogP contribution is -2.32. The van der Waals surface area contributed by atoms with Crippen LogP contribution in [0.4, 0.5) is 5.82 Å². The topological polar surface area (TPSA) is 80.9 Å². The maximum Gasteiger partial charge on any atom is 0.271 e. The number of carbonyl (C=O) groups excluding carboxylic acids is 1. The molecule has 18 heavy (non-hydrogen) atoms. The van der Waals surface area contributed by atoms with Crippen LogP contribution in [0.2, 0.25) is 0 Å². The van der Waals surface area contributed by atoms with E-state index in [9.17, 15) is 4.79 Å². The zero-order chi connectivity index (χ0) is 12.5. The lowest BCUT2D eigenvalue weighted by atomic mass is 9.89. The van der Waals surface area contributed by atoms with Gasteiger partial charge in [0.2, 0.25) is 0 Å². The second-order valence-corrected chi connectivity index (χ2v) is 5.47. The van der Waals surface area contributed by atoms with E-state index >= 15 is 0 Å². The van der Waals surface area contributed by atoms with Gasteiger partial charge in [0.15, 0.2) is 0 Å². The van der Waals surface area contributed by atoms with Gasteiger partial charge in [0.1, 0.15) is 11.5 Å². The molecule has 3 unspecified atom stereocenters. The predicted octanol–water partition coefficient (Wildman–Crippen LogP) is 1.22. The summed E-state index contributed by atoms with van der Waals surface area (Å²) >= 11 is 0. The van der Waals surface area contributed by atoms with Gasteiger partial charge < -0.3 is 11.1 Å². The van der Waals surface area contributed by atoms with Gasteiger partial charge in [-0.05, 0) is 37.0 Å². The third-order valence-corrected chi connectivity index (χ3v) is 4.30. The Labute approximate surface area is 106 Å². The van der Waals surface area contributed by atoms with Crippen molar-refractivity contribution < 1.29 is 4.79 Å². The Hall–Kier alpha value is -1.65. The lowest BCUT2D eigenvalue weighted by molar-refractivity contribution is 0.0936. The molecule has 3 N–H and O–H groups in total. The van der Waals surface area contributed by atoms with Crippen molar-refractivity contribution in [3.63, 3.8) is 0 Å². The normalized spacial score (nSPS) is 29.4. The molecule has 1 heterocycles. The average Bonchev–Trinajstić information content (AvgIpc) is 2.98. The molecule has 0 spiro atoms. The standard InChI is InChI=1S/C13H18N4O/c14-12-7-15-6-11(17-12)13(18)16-5-10-4-8-1-2-9(10)3-8/h6-10H,1-5H2,(H2,14,17)(H,16,18). The zero-order valence-corrected chi connectivity index (χ0v) is 10.3. The van der Waals surface area contributed by atoms with Gasteiger partial charge in [0.05, 0.1) is 12.4 Å². The van der Waals surface area contributed by atoms with E-state index in [-0.39, 0.29) is 11.7 Å². The third kappa shape index (κ3) is 2.17. The van der Waals surface area contributed by atoms with Crippen molar-refractivity contribution in [3.05, 3.63) is 18.1 Å². The van der Waals surface area contributed by atoms with Crippen molar-refractivity contribution >= 4 is 11.7 Å². The smallest absolute Gasteiger partial charge is 0.271 e. The van der Waals surface area contributed by atoms with Crippen LogP contribution < -0.4 is 11.1 Å². The van der Waals surface area contributed by atoms with Crippen molar-refractivity contribution in [2.45, 2.75) is 25.7 Å². The van der Waals surface area contributed by atoms with Crippen LogP contribution in [0.3, 0.4) is 0 Å². The number of aromatic nitrogens is 2. The van der Waals surface area contributed by atoms with Crippen LogP contribution in [0.5, 0.6) is 0 Å². The first kappa shape index (κ1) is 11.4. The number of nitrogen functional groups attached to an aromatic ring is 1. The number of rotatable bonds is 3. The molecule has 3 atom stereocenters. The van der Waals surface area contributed by atoms with Gasteiger partial charge in [-0.25, -0.2) is 4.98 Å². The number of hydrogen-bond donors (Lipinski definition) is 2. The minimum atomic E-state index is -0.169. The quantitative estimate of drug-likeness (QED) is 0.840. The summed E-state index contributed by atoms with van der Waals surface area (Å²) in [6.45, 7) is 0.760. The highest BCUT2D eigenvalue weighted by atomic mass is 16.1. The molecule has 2 saturated carbocycles. The molecule has 0 saturated heterocycles. The fourth-order valence-corrected chi connectivity index (χ4v) is 3.43. The Kier molecular flexibility index (Phi) is 2.89. The van der Waals surface area contributed by atoms with Crippen LogP contribution in [0.15, 0.2) is 12.4 Å². The number of carbonyl (C=O) groups is 1. The van der Waals surface area contributed by atoms with Crippen molar-refractivity contribution in [1.29, 1.82) is 0 Å². The first-order chi connectivity index (χ1) is 8.72. The first-order valence-corrected chi connectivity index (χ1v) is 6.58. The Balaban J connectivity index is 1.56. The second kappa shape index (κ2) is 4.55. The molecule has 1 aromatic rings. The van der Waals surface area contributed by atoms with E-state index in [4.69, 9.17) is 5.73 Å². The molecule has 0 aliphatic heterocycles. The summed E-state index contributed by atoms with van der Waals surface area (Å²) in [6, 6.07) is 0. The highest BCUT2D eigenvalue weighted by Crippen LogP contribution is 2.47. The summed E-state index contributed by atoms with van der Waals surface area (Å²) < 4.78 is 0. The fraction of sp³-hybridized carbons (Fsp3) is 0.615. The van der Waals surface area contributed by atoms with Crippen LogP contribution in [-0.4, -0.2) is 22.4 Å². The Morgan fingerprint density at radius 2 is 2.28 bits per heavy atom. The van der Waals surface area contributed by atoms with Crippen LogP contribution in [-0.2, 0) is 0 Å². The van der Waals surface area contributed by atoms with E-state index in [2.05, 4.69) is 15.3 Å². The third-order valence-electron chi connectivity index (χ3n) is 4.30. The number of fused-ring (bicyclic) bond motifs is 2. The first-order valence-electron chi connectivity index (χ1n) is 6.58.